The van der Waals surface area contributed by atoms with Crippen molar-refractivity contribution in [3.05, 3.63) is 24.3 Å². The molecular formula is C21H35N2O+. The van der Waals surface area contributed by atoms with Crippen LogP contribution in [0, 0.1) is 0 Å². The average Bonchev–Trinajstić information content (AvgIpc) is 2.64. The second-order valence-corrected chi connectivity index (χ2v) is 8.03. The summed E-state index contributed by atoms with van der Waals surface area (Å²) < 4.78 is 6.61. The van der Waals surface area contributed by atoms with Crippen molar-refractivity contribution in [1.82, 2.24) is 0 Å². The van der Waals surface area contributed by atoms with Gasteiger partial charge in [0, 0.05) is 11.7 Å². The van der Waals surface area contributed by atoms with Gasteiger partial charge in [-0.05, 0) is 56.4 Å². The van der Waals surface area contributed by atoms with Crippen LogP contribution in [0.3, 0.4) is 0 Å². The molecule has 1 saturated heterocycles. The number of likely N-dealkylation sites (N-methyl/N-ethyl adjacent to an activating group) is 1. The number of hydrogen-bond acceptors (Lipinski definition) is 2. The first kappa shape index (κ1) is 17.6. The molecule has 3 rings (SSSR count). The van der Waals surface area contributed by atoms with Crippen LogP contribution in [0.1, 0.15) is 51.4 Å². The molecule has 2 fully saturated rings. The standard InChI is InChI=1S/C21H35N2O/c1-23(16-7-4-8-17-23)18-15-22(19-9-5-3-6-10-19)20-11-13-21(24-2)14-12-20/h11-14,19H,3-10,15-18H2,1-2H3/q+1. The van der Waals surface area contributed by atoms with Crippen molar-refractivity contribution in [1.29, 1.82) is 0 Å². The Morgan fingerprint density at radius 3 is 2.21 bits per heavy atom. The van der Waals surface area contributed by atoms with Gasteiger partial charge in [0.1, 0.15) is 5.75 Å². The Hall–Kier alpha value is -1.22. The maximum Gasteiger partial charge on any atom is 0.119 e. The van der Waals surface area contributed by atoms with E-state index in [1.807, 2.05) is 0 Å². The summed E-state index contributed by atoms with van der Waals surface area (Å²) in [6.45, 7) is 5.19. The Kier molecular flexibility index (Phi) is 6.04. The lowest BCUT2D eigenvalue weighted by Crippen LogP contribution is -2.53. The van der Waals surface area contributed by atoms with Crippen molar-refractivity contribution in [2.75, 3.05) is 45.2 Å². The molecule has 1 heterocycles. The van der Waals surface area contributed by atoms with Crippen LogP contribution >= 0.6 is 0 Å². The number of methoxy groups -OCH3 is 1. The first-order valence-electron chi connectivity index (χ1n) is 9.94. The first-order chi connectivity index (χ1) is 11.7. The highest BCUT2D eigenvalue weighted by atomic mass is 16.5. The van der Waals surface area contributed by atoms with Gasteiger partial charge in [-0.3, -0.25) is 0 Å². The van der Waals surface area contributed by atoms with Crippen molar-refractivity contribution >= 4 is 5.69 Å². The number of ether oxygens (including phenoxy) is 1. The molecular weight excluding hydrogens is 296 g/mol. The smallest absolute Gasteiger partial charge is 0.119 e. The number of benzene rings is 1. The Morgan fingerprint density at radius 2 is 1.58 bits per heavy atom. The number of anilines is 1. The van der Waals surface area contributed by atoms with Gasteiger partial charge < -0.3 is 14.1 Å². The molecule has 3 nitrogen and oxygen atoms in total. The van der Waals surface area contributed by atoms with Crippen molar-refractivity contribution in [3.8, 4) is 5.75 Å². The van der Waals surface area contributed by atoms with Crippen LogP contribution in [0.5, 0.6) is 5.75 Å². The van der Waals surface area contributed by atoms with E-state index in [1.54, 1.807) is 7.11 Å². The van der Waals surface area contributed by atoms with Crippen LogP contribution in [0.25, 0.3) is 0 Å². The second kappa shape index (κ2) is 8.24. The van der Waals surface area contributed by atoms with Crippen LogP contribution in [-0.2, 0) is 0 Å². The van der Waals surface area contributed by atoms with Crippen molar-refractivity contribution in [2.45, 2.75) is 57.4 Å². The molecule has 1 saturated carbocycles. The Morgan fingerprint density at radius 1 is 0.958 bits per heavy atom. The normalized spacial score (nSPS) is 21.4. The molecule has 0 aromatic heterocycles. The molecule has 24 heavy (non-hydrogen) atoms. The lowest BCUT2D eigenvalue weighted by molar-refractivity contribution is -0.912. The molecule has 1 aliphatic carbocycles. The molecule has 0 unspecified atom stereocenters. The third-order valence-electron chi connectivity index (χ3n) is 6.20. The minimum absolute atomic E-state index is 0.725. The minimum atomic E-state index is 0.725. The van der Waals surface area contributed by atoms with Gasteiger partial charge in [0.05, 0.1) is 40.3 Å². The lowest BCUT2D eigenvalue weighted by Gasteiger charge is -2.42. The van der Waals surface area contributed by atoms with E-state index in [4.69, 9.17) is 4.74 Å². The first-order valence-corrected chi connectivity index (χ1v) is 9.94. The molecule has 0 radical (unpaired) electrons. The highest BCUT2D eigenvalue weighted by molar-refractivity contribution is 5.50. The Balaban J connectivity index is 1.70. The van der Waals surface area contributed by atoms with Crippen LogP contribution < -0.4 is 9.64 Å². The van der Waals surface area contributed by atoms with Gasteiger partial charge >= 0.3 is 0 Å². The van der Waals surface area contributed by atoms with Gasteiger partial charge in [-0.1, -0.05) is 19.3 Å². The summed E-state index contributed by atoms with van der Waals surface area (Å²) >= 11 is 0. The van der Waals surface area contributed by atoms with Crippen LogP contribution in [0.2, 0.25) is 0 Å². The van der Waals surface area contributed by atoms with Gasteiger partial charge in [0.2, 0.25) is 0 Å². The Bertz CT molecular complexity index is 487. The maximum absolute atomic E-state index is 5.34. The second-order valence-electron chi connectivity index (χ2n) is 8.03. The molecule has 0 atom stereocenters. The molecule has 1 aliphatic heterocycles. The van der Waals surface area contributed by atoms with Gasteiger partial charge in [-0.25, -0.2) is 0 Å². The molecule has 0 bridgehead atoms. The highest BCUT2D eigenvalue weighted by Gasteiger charge is 2.28. The van der Waals surface area contributed by atoms with Gasteiger partial charge in [0.25, 0.3) is 0 Å². The largest absolute Gasteiger partial charge is 0.497 e. The zero-order valence-corrected chi connectivity index (χ0v) is 15.7. The van der Waals surface area contributed by atoms with E-state index in [9.17, 15) is 0 Å². The predicted molar refractivity (Wildman–Crippen MR) is 102 cm³/mol. The lowest BCUT2D eigenvalue weighted by atomic mass is 9.93. The summed E-state index contributed by atoms with van der Waals surface area (Å²) in [5.74, 6) is 0.956. The number of piperidine rings is 1. The van der Waals surface area contributed by atoms with Gasteiger partial charge in [0.15, 0.2) is 0 Å². The van der Waals surface area contributed by atoms with Crippen molar-refractivity contribution < 1.29 is 9.22 Å². The van der Waals surface area contributed by atoms with E-state index in [0.717, 1.165) is 11.8 Å². The molecule has 1 aromatic carbocycles. The fraction of sp³-hybridized carbons (Fsp3) is 0.714. The highest BCUT2D eigenvalue weighted by Crippen LogP contribution is 2.29. The molecule has 2 aliphatic rings. The SMILES string of the molecule is COc1ccc(N(CC[N+]2(C)CCCCC2)C2CCCCC2)cc1. The zero-order valence-electron chi connectivity index (χ0n) is 15.7. The quantitative estimate of drug-likeness (QED) is 0.713. The van der Waals surface area contributed by atoms with Gasteiger partial charge in [-0.15, -0.1) is 0 Å². The molecule has 0 N–H and O–H groups in total. The van der Waals surface area contributed by atoms with E-state index in [2.05, 4.69) is 36.2 Å². The third-order valence-corrected chi connectivity index (χ3v) is 6.20. The Labute approximate surface area is 148 Å². The number of hydrogen-bond donors (Lipinski definition) is 0. The van der Waals surface area contributed by atoms with E-state index in [1.165, 1.54) is 87.7 Å². The summed E-state index contributed by atoms with van der Waals surface area (Å²) in [5.41, 5.74) is 1.38. The summed E-state index contributed by atoms with van der Waals surface area (Å²) in [4.78, 5) is 2.71. The topological polar surface area (TPSA) is 12.5 Å². The van der Waals surface area contributed by atoms with Crippen LogP contribution in [0.15, 0.2) is 24.3 Å². The number of likely N-dealkylation sites (tertiary alicyclic amines) is 1. The molecule has 3 heteroatoms. The number of rotatable bonds is 6. The van der Waals surface area contributed by atoms with Gasteiger partial charge in [-0.2, -0.15) is 0 Å². The molecule has 0 amide bonds. The van der Waals surface area contributed by atoms with E-state index >= 15 is 0 Å². The fourth-order valence-corrected chi connectivity index (χ4v) is 4.54. The monoisotopic (exact) mass is 331 g/mol. The predicted octanol–water partition coefficient (Wildman–Crippen LogP) is 4.46. The summed E-state index contributed by atoms with van der Waals surface area (Å²) in [5, 5.41) is 0. The fourth-order valence-electron chi connectivity index (χ4n) is 4.54. The van der Waals surface area contributed by atoms with Crippen LogP contribution in [0.4, 0.5) is 5.69 Å². The molecule has 134 valence electrons. The molecule has 1 aromatic rings. The average molecular weight is 332 g/mol. The van der Waals surface area contributed by atoms with E-state index < -0.39 is 0 Å². The zero-order chi connectivity index (χ0) is 16.8. The summed E-state index contributed by atoms with van der Waals surface area (Å²) in [7, 11) is 4.21. The minimum Gasteiger partial charge on any atom is -0.497 e. The number of quaternary nitrogens is 1. The summed E-state index contributed by atoms with van der Waals surface area (Å²) in [6.07, 6.45) is 11.2. The van der Waals surface area contributed by atoms with Crippen molar-refractivity contribution in [2.24, 2.45) is 0 Å². The van der Waals surface area contributed by atoms with Crippen LogP contribution in [-0.4, -0.2) is 50.9 Å². The maximum atomic E-state index is 5.34. The third kappa shape index (κ3) is 4.44. The van der Waals surface area contributed by atoms with E-state index in [-0.39, 0.29) is 0 Å². The van der Waals surface area contributed by atoms with Crippen molar-refractivity contribution in [3.63, 3.8) is 0 Å². The summed E-state index contributed by atoms with van der Waals surface area (Å²) in [6, 6.07) is 9.46. The van der Waals surface area contributed by atoms with E-state index in [0.29, 0.717) is 0 Å². The number of nitrogens with zero attached hydrogens (tertiary/aromatic N) is 2. The molecule has 0 spiro atoms.